The molecule has 30 heavy (non-hydrogen) atoms. The molecule has 1 heterocycles. The second-order valence-corrected chi connectivity index (χ2v) is 8.82. The number of rotatable bonds is 6. The molecule has 1 fully saturated rings. The molecule has 2 aromatic rings. The van der Waals surface area contributed by atoms with Gasteiger partial charge in [0, 0.05) is 16.6 Å². The summed E-state index contributed by atoms with van der Waals surface area (Å²) in [6, 6.07) is 12.5. The molecule has 3 rings (SSSR count). The predicted molar refractivity (Wildman–Crippen MR) is 122 cm³/mol. The van der Waals surface area contributed by atoms with Gasteiger partial charge >= 0.3 is 0 Å². The van der Waals surface area contributed by atoms with Crippen LogP contribution in [0.1, 0.15) is 34.7 Å². The number of carbonyl (C=O) groups excluding carboxylic acids is 2. The topological polar surface area (TPSA) is 60.9 Å². The first-order chi connectivity index (χ1) is 14.2. The Kier molecular flexibility index (Phi) is 6.78. The number of ketones is 1. The number of halogens is 1. The van der Waals surface area contributed by atoms with E-state index in [1.807, 2.05) is 69.2 Å². The highest BCUT2D eigenvalue weighted by Crippen LogP contribution is 2.40. The van der Waals surface area contributed by atoms with Crippen molar-refractivity contribution >= 4 is 33.4 Å². The molecule has 1 unspecified atom stereocenters. The van der Waals surface area contributed by atoms with Crippen molar-refractivity contribution in [3.63, 3.8) is 0 Å². The zero-order valence-electron chi connectivity index (χ0n) is 17.8. The van der Waals surface area contributed by atoms with Crippen molar-refractivity contribution < 1.29 is 14.7 Å². The first-order valence-electron chi connectivity index (χ1n) is 9.97. The van der Waals surface area contributed by atoms with Crippen molar-refractivity contribution in [3.8, 4) is 0 Å². The van der Waals surface area contributed by atoms with Crippen LogP contribution in [-0.4, -0.2) is 53.8 Å². The molecule has 0 aromatic heterocycles. The van der Waals surface area contributed by atoms with Crippen LogP contribution < -0.4 is 0 Å². The molecule has 0 saturated carbocycles. The van der Waals surface area contributed by atoms with Gasteiger partial charge < -0.3 is 14.9 Å². The van der Waals surface area contributed by atoms with Crippen LogP contribution in [0.25, 0.3) is 5.76 Å². The maximum atomic E-state index is 13.0. The van der Waals surface area contributed by atoms with Crippen LogP contribution in [-0.2, 0) is 9.59 Å². The number of benzene rings is 2. The van der Waals surface area contributed by atoms with Gasteiger partial charge in [-0.3, -0.25) is 9.59 Å². The van der Waals surface area contributed by atoms with E-state index in [1.54, 1.807) is 11.0 Å². The third kappa shape index (κ3) is 4.35. The lowest BCUT2D eigenvalue weighted by Crippen LogP contribution is -2.32. The second-order valence-electron chi connectivity index (χ2n) is 7.97. The molecule has 2 aromatic carbocycles. The summed E-state index contributed by atoms with van der Waals surface area (Å²) in [5.41, 5.74) is 3.45. The third-order valence-electron chi connectivity index (χ3n) is 5.46. The maximum Gasteiger partial charge on any atom is 0.295 e. The number of hydrogen-bond acceptors (Lipinski definition) is 4. The molecule has 1 N–H and O–H groups in total. The number of aryl methyl sites for hydroxylation is 2. The van der Waals surface area contributed by atoms with Crippen LogP contribution in [0.3, 0.4) is 0 Å². The zero-order valence-corrected chi connectivity index (χ0v) is 19.4. The van der Waals surface area contributed by atoms with Crippen LogP contribution in [0.15, 0.2) is 52.5 Å². The molecule has 6 heteroatoms. The van der Waals surface area contributed by atoms with Crippen LogP contribution in [0, 0.1) is 13.8 Å². The predicted octanol–water partition coefficient (Wildman–Crippen LogP) is 4.44. The Morgan fingerprint density at radius 2 is 1.80 bits per heavy atom. The summed E-state index contributed by atoms with van der Waals surface area (Å²) in [6.45, 7) is 5.12. The monoisotopic (exact) mass is 470 g/mol. The molecule has 1 atom stereocenters. The summed E-state index contributed by atoms with van der Waals surface area (Å²) in [4.78, 5) is 29.6. The van der Waals surface area contributed by atoms with Gasteiger partial charge in [-0.05, 0) is 69.7 Å². The zero-order chi connectivity index (χ0) is 22.0. The van der Waals surface area contributed by atoms with E-state index < -0.39 is 17.7 Å². The molecule has 0 aliphatic carbocycles. The smallest absolute Gasteiger partial charge is 0.295 e. The van der Waals surface area contributed by atoms with Gasteiger partial charge in [0.25, 0.3) is 11.7 Å². The standard InChI is InChI=1S/C24H27BrN2O3/c1-15-8-5-6-9-18(15)21-20(22(28)17-10-11-19(25)16(2)14-17)23(29)24(30)27(21)13-7-12-26(3)4/h5-6,8-11,14,21,28H,7,12-13H2,1-4H3/b22-20+. The van der Waals surface area contributed by atoms with E-state index >= 15 is 0 Å². The maximum absolute atomic E-state index is 13.0. The van der Waals surface area contributed by atoms with Gasteiger partial charge in [0.15, 0.2) is 0 Å². The van der Waals surface area contributed by atoms with E-state index in [9.17, 15) is 14.7 Å². The van der Waals surface area contributed by atoms with Crippen molar-refractivity contribution in [1.29, 1.82) is 0 Å². The lowest BCUT2D eigenvalue weighted by Gasteiger charge is -2.27. The summed E-state index contributed by atoms with van der Waals surface area (Å²) < 4.78 is 0.915. The van der Waals surface area contributed by atoms with Gasteiger partial charge in [-0.1, -0.05) is 46.3 Å². The Labute approximate surface area is 186 Å². The SMILES string of the molecule is Cc1cc(/C(O)=C2\C(=O)C(=O)N(CCCN(C)C)C2c2ccccc2C)ccc1Br. The molecule has 0 radical (unpaired) electrons. The number of aliphatic hydroxyl groups excluding tert-OH is 1. The molecular formula is C24H27BrN2O3. The highest BCUT2D eigenvalue weighted by molar-refractivity contribution is 9.10. The molecule has 1 aliphatic heterocycles. The number of amides is 1. The molecule has 1 saturated heterocycles. The molecule has 0 bridgehead atoms. The van der Waals surface area contributed by atoms with Crippen molar-refractivity contribution in [2.75, 3.05) is 27.2 Å². The van der Waals surface area contributed by atoms with E-state index in [-0.39, 0.29) is 11.3 Å². The van der Waals surface area contributed by atoms with E-state index in [1.165, 1.54) is 0 Å². The Morgan fingerprint density at radius 3 is 2.43 bits per heavy atom. The first kappa shape index (κ1) is 22.2. The van der Waals surface area contributed by atoms with E-state index in [0.29, 0.717) is 12.1 Å². The number of hydrogen-bond donors (Lipinski definition) is 1. The Bertz CT molecular complexity index is 1010. The van der Waals surface area contributed by atoms with Crippen molar-refractivity contribution in [2.45, 2.75) is 26.3 Å². The largest absolute Gasteiger partial charge is 0.507 e. The van der Waals surface area contributed by atoms with E-state index in [4.69, 9.17) is 0 Å². The van der Waals surface area contributed by atoms with Gasteiger partial charge in [-0.15, -0.1) is 0 Å². The highest BCUT2D eigenvalue weighted by Gasteiger charge is 2.46. The minimum Gasteiger partial charge on any atom is -0.507 e. The lowest BCUT2D eigenvalue weighted by atomic mass is 9.92. The Hall–Kier alpha value is -2.44. The highest BCUT2D eigenvalue weighted by atomic mass is 79.9. The molecule has 0 spiro atoms. The van der Waals surface area contributed by atoms with Crippen molar-refractivity contribution in [3.05, 3.63) is 74.8 Å². The first-order valence-corrected chi connectivity index (χ1v) is 10.8. The number of aliphatic hydroxyl groups is 1. The van der Waals surface area contributed by atoms with E-state index in [2.05, 4.69) is 15.9 Å². The van der Waals surface area contributed by atoms with Gasteiger partial charge in [0.2, 0.25) is 0 Å². The molecule has 158 valence electrons. The molecular weight excluding hydrogens is 444 g/mol. The number of nitrogens with zero attached hydrogens (tertiary/aromatic N) is 2. The van der Waals surface area contributed by atoms with Gasteiger partial charge in [-0.25, -0.2) is 0 Å². The van der Waals surface area contributed by atoms with Crippen molar-refractivity contribution in [1.82, 2.24) is 9.80 Å². The average molecular weight is 471 g/mol. The normalized spacial score (nSPS) is 18.5. The quantitative estimate of drug-likeness (QED) is 0.385. The fourth-order valence-electron chi connectivity index (χ4n) is 3.83. The summed E-state index contributed by atoms with van der Waals surface area (Å²) in [7, 11) is 3.95. The van der Waals surface area contributed by atoms with Crippen LogP contribution in [0.2, 0.25) is 0 Å². The Balaban J connectivity index is 2.13. The Morgan fingerprint density at radius 1 is 1.10 bits per heavy atom. The number of carbonyl (C=O) groups is 2. The minimum atomic E-state index is -0.633. The van der Waals surface area contributed by atoms with E-state index in [0.717, 1.165) is 34.1 Å². The molecule has 5 nitrogen and oxygen atoms in total. The summed E-state index contributed by atoms with van der Waals surface area (Å²) in [5.74, 6) is -1.32. The van der Waals surface area contributed by atoms with Gasteiger partial charge in [-0.2, -0.15) is 0 Å². The van der Waals surface area contributed by atoms with Crippen LogP contribution in [0.4, 0.5) is 0 Å². The fourth-order valence-corrected chi connectivity index (χ4v) is 4.08. The summed E-state index contributed by atoms with van der Waals surface area (Å²) in [5, 5.41) is 11.1. The minimum absolute atomic E-state index is 0.132. The average Bonchev–Trinajstić information content (AvgIpc) is 2.94. The fraction of sp³-hybridized carbons (Fsp3) is 0.333. The number of likely N-dealkylation sites (tertiary alicyclic amines) is 1. The number of Topliss-reactive ketones (excluding diaryl/α,β-unsaturated/α-hetero) is 1. The van der Waals surface area contributed by atoms with Gasteiger partial charge in [0.1, 0.15) is 5.76 Å². The lowest BCUT2D eigenvalue weighted by molar-refractivity contribution is -0.139. The van der Waals surface area contributed by atoms with Gasteiger partial charge in [0.05, 0.1) is 11.6 Å². The van der Waals surface area contributed by atoms with Crippen molar-refractivity contribution in [2.24, 2.45) is 0 Å². The van der Waals surface area contributed by atoms with Crippen LogP contribution >= 0.6 is 15.9 Å². The molecule has 1 amide bonds. The third-order valence-corrected chi connectivity index (χ3v) is 6.35. The summed E-state index contributed by atoms with van der Waals surface area (Å²) in [6.07, 6.45) is 0.736. The second kappa shape index (κ2) is 9.14. The molecule has 1 aliphatic rings. The van der Waals surface area contributed by atoms with Crippen LogP contribution in [0.5, 0.6) is 0 Å². The summed E-state index contributed by atoms with van der Waals surface area (Å²) >= 11 is 3.46.